The molecule has 3 rings (SSSR count). The summed E-state index contributed by atoms with van der Waals surface area (Å²) in [5, 5.41) is 9.00. The molecule has 0 spiro atoms. The van der Waals surface area contributed by atoms with E-state index >= 15 is 0 Å². The van der Waals surface area contributed by atoms with Crippen LogP contribution in [0.15, 0.2) is 41.3 Å². The highest BCUT2D eigenvalue weighted by molar-refractivity contribution is 7.89. The van der Waals surface area contributed by atoms with Gasteiger partial charge in [0, 0.05) is 19.2 Å². The lowest BCUT2D eigenvalue weighted by atomic mass is 9.98. The number of rotatable bonds is 6. The molecule has 0 aliphatic carbocycles. The summed E-state index contributed by atoms with van der Waals surface area (Å²) < 4.78 is 63.9. The first kappa shape index (κ1) is 22.7. The van der Waals surface area contributed by atoms with Gasteiger partial charge in [-0.15, -0.1) is 0 Å². The number of nitrogens with zero attached hydrogens (tertiary/aromatic N) is 2. The Hall–Kier alpha value is -3.03. The average molecular weight is 450 g/mol. The molecule has 164 valence electrons. The molecule has 31 heavy (non-hydrogen) atoms. The molecule has 1 fully saturated rings. The molecule has 10 heteroatoms. The van der Waals surface area contributed by atoms with E-state index in [0.717, 1.165) is 16.4 Å². The van der Waals surface area contributed by atoms with Crippen LogP contribution in [0.25, 0.3) is 0 Å². The number of hydrogen-bond donors (Lipinski definition) is 0. The molecule has 0 unspecified atom stereocenters. The Bertz CT molecular complexity index is 1120. The molecular weight excluding hydrogens is 430 g/mol. The summed E-state index contributed by atoms with van der Waals surface area (Å²) >= 11 is 0. The molecule has 1 heterocycles. The zero-order chi connectivity index (χ0) is 22.6. The second kappa shape index (κ2) is 9.41. The van der Waals surface area contributed by atoms with Crippen LogP contribution < -0.4 is 9.47 Å². The van der Waals surface area contributed by atoms with E-state index < -0.39 is 33.5 Å². The number of sulfonamides is 1. The first-order valence-corrected chi connectivity index (χ1v) is 11.0. The number of carbonyl (C=O) groups is 1. The Labute approximate surface area is 178 Å². The van der Waals surface area contributed by atoms with Gasteiger partial charge in [0.25, 0.3) is 0 Å². The Morgan fingerprint density at radius 2 is 1.84 bits per heavy atom. The van der Waals surface area contributed by atoms with E-state index in [1.54, 1.807) is 6.92 Å². The van der Waals surface area contributed by atoms with Crippen LogP contribution in [0.4, 0.5) is 8.78 Å². The topological polar surface area (TPSA) is 96.7 Å². The number of esters is 1. The molecule has 1 aliphatic rings. The van der Waals surface area contributed by atoms with Gasteiger partial charge in [-0.1, -0.05) is 0 Å². The smallest absolute Gasteiger partial charge is 0.314 e. The lowest BCUT2D eigenvalue weighted by Gasteiger charge is -2.30. The minimum Gasteiger partial charge on any atom is -0.490 e. The molecule has 0 atom stereocenters. The first-order valence-electron chi connectivity index (χ1n) is 9.60. The van der Waals surface area contributed by atoms with Crippen molar-refractivity contribution < 1.29 is 31.5 Å². The minimum atomic E-state index is -4.01. The summed E-state index contributed by atoms with van der Waals surface area (Å²) in [4.78, 5) is 12.2. The Balaban J connectivity index is 1.66. The van der Waals surface area contributed by atoms with Crippen molar-refractivity contribution >= 4 is 16.0 Å². The van der Waals surface area contributed by atoms with Crippen LogP contribution in [0.3, 0.4) is 0 Å². The fourth-order valence-electron chi connectivity index (χ4n) is 3.24. The molecule has 0 amide bonds. The standard InChI is InChI=1S/C21H20F2N2O5S/c1-2-29-20-11-14(13-24)3-6-19(20)30-21(26)15-7-9-25(10-8-15)31(27,28)16-4-5-17(22)18(23)12-16/h3-6,11-12,15H,2,7-10H2,1H3. The highest BCUT2D eigenvalue weighted by atomic mass is 32.2. The number of halogens is 2. The van der Waals surface area contributed by atoms with Gasteiger partial charge in [0.15, 0.2) is 23.1 Å². The number of nitriles is 1. The predicted octanol–water partition coefficient (Wildman–Crippen LogP) is 3.24. The molecule has 1 aliphatic heterocycles. The third-order valence-corrected chi connectivity index (χ3v) is 6.79. The number of ether oxygens (including phenoxy) is 2. The summed E-state index contributed by atoms with van der Waals surface area (Å²) in [5.41, 5.74) is 0.360. The number of piperidine rings is 1. The van der Waals surface area contributed by atoms with Gasteiger partial charge in [0.1, 0.15) is 0 Å². The van der Waals surface area contributed by atoms with Crippen molar-refractivity contribution in [2.75, 3.05) is 19.7 Å². The molecule has 2 aromatic rings. The second-order valence-electron chi connectivity index (χ2n) is 6.88. The van der Waals surface area contributed by atoms with Gasteiger partial charge >= 0.3 is 5.97 Å². The van der Waals surface area contributed by atoms with Crippen LogP contribution in [0.1, 0.15) is 25.3 Å². The molecule has 0 bridgehead atoms. The summed E-state index contributed by atoms with van der Waals surface area (Å²) in [6, 6.07) is 8.85. The van der Waals surface area contributed by atoms with E-state index in [-0.39, 0.29) is 42.3 Å². The van der Waals surface area contributed by atoms with Gasteiger partial charge in [-0.3, -0.25) is 4.79 Å². The van der Waals surface area contributed by atoms with Gasteiger partial charge in [0.05, 0.1) is 29.1 Å². The SMILES string of the molecule is CCOc1cc(C#N)ccc1OC(=O)C1CCN(S(=O)(=O)c2ccc(F)c(F)c2)CC1. The number of hydrogen-bond acceptors (Lipinski definition) is 6. The molecule has 0 aromatic heterocycles. The van der Waals surface area contributed by atoms with Crippen LogP contribution in [-0.2, 0) is 14.8 Å². The van der Waals surface area contributed by atoms with Gasteiger partial charge in [-0.05, 0) is 50.1 Å². The van der Waals surface area contributed by atoms with E-state index in [1.807, 2.05) is 6.07 Å². The molecule has 0 radical (unpaired) electrons. The van der Waals surface area contributed by atoms with Crippen LogP contribution >= 0.6 is 0 Å². The predicted molar refractivity (Wildman–Crippen MR) is 106 cm³/mol. The van der Waals surface area contributed by atoms with E-state index in [0.29, 0.717) is 18.2 Å². The van der Waals surface area contributed by atoms with Crippen LogP contribution in [-0.4, -0.2) is 38.4 Å². The summed E-state index contributed by atoms with van der Waals surface area (Å²) in [6.07, 6.45) is 0.421. The van der Waals surface area contributed by atoms with Crippen molar-refractivity contribution in [3.63, 3.8) is 0 Å². The molecule has 1 saturated heterocycles. The molecular formula is C21H20F2N2O5S. The van der Waals surface area contributed by atoms with Crippen molar-refractivity contribution in [3.8, 4) is 17.6 Å². The van der Waals surface area contributed by atoms with Gasteiger partial charge < -0.3 is 9.47 Å². The average Bonchev–Trinajstić information content (AvgIpc) is 2.77. The van der Waals surface area contributed by atoms with Crippen LogP contribution in [0, 0.1) is 28.9 Å². The molecule has 2 aromatic carbocycles. The van der Waals surface area contributed by atoms with Gasteiger partial charge in [-0.2, -0.15) is 9.57 Å². The maximum Gasteiger partial charge on any atom is 0.314 e. The van der Waals surface area contributed by atoms with Crippen LogP contribution in [0.5, 0.6) is 11.5 Å². The maximum absolute atomic E-state index is 13.4. The van der Waals surface area contributed by atoms with Crippen molar-refractivity contribution in [2.24, 2.45) is 5.92 Å². The Morgan fingerprint density at radius 1 is 1.13 bits per heavy atom. The van der Waals surface area contributed by atoms with Crippen molar-refractivity contribution in [2.45, 2.75) is 24.7 Å². The lowest BCUT2D eigenvalue weighted by Crippen LogP contribution is -2.41. The fraction of sp³-hybridized carbons (Fsp3) is 0.333. The Kier molecular flexibility index (Phi) is 6.87. The summed E-state index contributed by atoms with van der Waals surface area (Å²) in [6.45, 7) is 2.15. The zero-order valence-electron chi connectivity index (χ0n) is 16.7. The maximum atomic E-state index is 13.4. The fourth-order valence-corrected chi connectivity index (χ4v) is 4.72. The third kappa shape index (κ3) is 5.00. The van der Waals surface area contributed by atoms with Gasteiger partial charge in [0.2, 0.25) is 10.0 Å². The number of carbonyl (C=O) groups excluding carboxylic acids is 1. The van der Waals surface area contributed by atoms with E-state index in [2.05, 4.69) is 0 Å². The van der Waals surface area contributed by atoms with Crippen molar-refractivity contribution in [1.82, 2.24) is 4.31 Å². The highest BCUT2D eigenvalue weighted by Crippen LogP contribution is 2.31. The largest absolute Gasteiger partial charge is 0.490 e. The quantitative estimate of drug-likeness (QED) is 0.495. The van der Waals surface area contributed by atoms with E-state index in [1.165, 1.54) is 18.2 Å². The normalized spacial score (nSPS) is 15.3. The lowest BCUT2D eigenvalue weighted by molar-refractivity contribution is -0.140. The van der Waals surface area contributed by atoms with E-state index in [9.17, 15) is 22.0 Å². The second-order valence-corrected chi connectivity index (χ2v) is 8.82. The van der Waals surface area contributed by atoms with Crippen molar-refractivity contribution in [1.29, 1.82) is 5.26 Å². The summed E-state index contributed by atoms with van der Waals surface area (Å²) in [7, 11) is -4.01. The first-order chi connectivity index (χ1) is 14.8. The van der Waals surface area contributed by atoms with Crippen LogP contribution in [0.2, 0.25) is 0 Å². The zero-order valence-corrected chi connectivity index (χ0v) is 17.5. The van der Waals surface area contributed by atoms with E-state index in [4.69, 9.17) is 14.7 Å². The number of benzene rings is 2. The minimum absolute atomic E-state index is 0.0345. The Morgan fingerprint density at radius 3 is 2.45 bits per heavy atom. The highest BCUT2D eigenvalue weighted by Gasteiger charge is 2.33. The van der Waals surface area contributed by atoms with Gasteiger partial charge in [-0.25, -0.2) is 17.2 Å². The third-order valence-electron chi connectivity index (χ3n) is 4.90. The molecule has 0 saturated carbocycles. The summed E-state index contributed by atoms with van der Waals surface area (Å²) in [5.74, 6) is -2.99. The molecule has 0 N–H and O–H groups in total. The van der Waals surface area contributed by atoms with Crippen molar-refractivity contribution in [3.05, 3.63) is 53.6 Å². The monoisotopic (exact) mass is 450 g/mol. The molecule has 7 nitrogen and oxygen atoms in total.